The number of oxazole rings is 1. The van der Waals surface area contributed by atoms with E-state index in [4.69, 9.17) is 20.8 Å². The molecule has 8 heteroatoms. The molecule has 0 aliphatic carbocycles. The lowest BCUT2D eigenvalue weighted by Crippen LogP contribution is -2.28. The summed E-state index contributed by atoms with van der Waals surface area (Å²) in [6.07, 6.45) is -4.63. The first-order chi connectivity index (χ1) is 10.3. The Hall–Kier alpha value is -1.89. The van der Waals surface area contributed by atoms with Crippen molar-refractivity contribution in [2.45, 2.75) is 18.5 Å². The maximum atomic E-state index is 12.8. The number of nitrogens with one attached hydrogen (secondary N) is 1. The van der Waals surface area contributed by atoms with Gasteiger partial charge in [-0.05, 0) is 25.1 Å². The highest BCUT2D eigenvalue weighted by atomic mass is 35.5. The Morgan fingerprint density at radius 3 is 2.77 bits per heavy atom. The third-order valence-electron chi connectivity index (χ3n) is 3.75. The summed E-state index contributed by atoms with van der Waals surface area (Å²) >= 11 is 6.02. The predicted octanol–water partition coefficient (Wildman–Crippen LogP) is 4.09. The minimum absolute atomic E-state index is 0.0249. The van der Waals surface area contributed by atoms with Crippen molar-refractivity contribution in [1.82, 2.24) is 4.98 Å². The van der Waals surface area contributed by atoms with Crippen LogP contribution in [0.25, 0.3) is 0 Å². The van der Waals surface area contributed by atoms with Crippen LogP contribution in [0.15, 0.2) is 22.6 Å². The van der Waals surface area contributed by atoms with Crippen LogP contribution in [0.2, 0.25) is 5.02 Å². The van der Waals surface area contributed by atoms with E-state index in [0.717, 1.165) is 0 Å². The molecule has 0 bridgehead atoms. The molecule has 22 heavy (non-hydrogen) atoms. The van der Waals surface area contributed by atoms with E-state index in [2.05, 4.69) is 10.3 Å². The van der Waals surface area contributed by atoms with Gasteiger partial charge in [0.15, 0.2) is 0 Å². The average Bonchev–Trinajstić information content (AvgIpc) is 3.00. The van der Waals surface area contributed by atoms with E-state index in [1.165, 1.54) is 7.11 Å². The molecule has 0 spiro atoms. The summed E-state index contributed by atoms with van der Waals surface area (Å²) in [6, 6.07) is 4.99. The van der Waals surface area contributed by atoms with Gasteiger partial charge in [-0.25, -0.2) is 4.98 Å². The minimum atomic E-state index is -4.63. The highest BCUT2D eigenvalue weighted by molar-refractivity contribution is 6.30. The number of nitrogens with zero attached hydrogens (tertiary/aromatic N) is 1. The quantitative estimate of drug-likeness (QED) is 0.900. The number of alkyl halides is 3. The topological polar surface area (TPSA) is 47.3 Å². The van der Waals surface area contributed by atoms with E-state index >= 15 is 0 Å². The Balaban J connectivity index is 2.15. The summed E-state index contributed by atoms with van der Waals surface area (Å²) in [5.74, 6) is -0.716. The highest BCUT2D eigenvalue weighted by Crippen LogP contribution is 2.47. The van der Waals surface area contributed by atoms with Crippen LogP contribution in [-0.4, -0.2) is 18.6 Å². The molecule has 1 unspecified atom stereocenters. The molecule has 3 rings (SSSR count). The van der Waals surface area contributed by atoms with Crippen molar-refractivity contribution < 1.29 is 22.3 Å². The van der Waals surface area contributed by atoms with E-state index in [0.29, 0.717) is 22.9 Å². The van der Waals surface area contributed by atoms with Crippen LogP contribution >= 0.6 is 11.6 Å². The second-order valence-corrected chi connectivity index (χ2v) is 5.66. The number of methoxy groups -OCH3 is 1. The molecule has 1 aromatic heterocycles. The molecule has 1 aromatic carbocycles. The second kappa shape index (κ2) is 4.81. The van der Waals surface area contributed by atoms with Gasteiger partial charge in [0.2, 0.25) is 5.88 Å². The zero-order valence-electron chi connectivity index (χ0n) is 11.7. The van der Waals surface area contributed by atoms with Crippen LogP contribution in [0.3, 0.4) is 0 Å². The Morgan fingerprint density at radius 1 is 1.41 bits per heavy atom. The van der Waals surface area contributed by atoms with Crippen molar-refractivity contribution in [3.8, 4) is 5.75 Å². The van der Waals surface area contributed by atoms with Crippen LogP contribution in [0.4, 0.5) is 19.1 Å². The fraction of sp³-hybridized carbons (Fsp3) is 0.357. The fourth-order valence-electron chi connectivity index (χ4n) is 2.61. The van der Waals surface area contributed by atoms with Crippen LogP contribution < -0.4 is 10.1 Å². The molecule has 0 amide bonds. The zero-order chi connectivity index (χ0) is 16.1. The summed E-state index contributed by atoms with van der Waals surface area (Å²) < 4.78 is 48.4. The smallest absolute Gasteiger partial charge is 0.469 e. The van der Waals surface area contributed by atoms with E-state index in [-0.39, 0.29) is 11.6 Å². The Kier molecular flexibility index (Phi) is 3.28. The number of rotatable bonds is 2. The van der Waals surface area contributed by atoms with Crippen molar-refractivity contribution in [3.63, 3.8) is 0 Å². The van der Waals surface area contributed by atoms with E-state index in [1.807, 2.05) is 0 Å². The number of hydrogen-bond donors (Lipinski definition) is 1. The Morgan fingerprint density at radius 2 is 2.14 bits per heavy atom. The van der Waals surface area contributed by atoms with Crippen molar-refractivity contribution in [2.24, 2.45) is 0 Å². The molecule has 2 aromatic rings. The number of ether oxygens (including phenoxy) is 1. The highest BCUT2D eigenvalue weighted by Gasteiger charge is 2.47. The van der Waals surface area contributed by atoms with Crippen molar-refractivity contribution >= 4 is 17.5 Å². The number of fused-ring (bicyclic) bond motifs is 1. The van der Waals surface area contributed by atoms with Crippen molar-refractivity contribution in [3.05, 3.63) is 40.4 Å². The molecule has 118 valence electrons. The standard InChI is InChI=1S/C14H12ClF3N2O2/c1-13(8-5-7(15)3-4-9(8)21-2)6-19-11-10(13)20-12(22-11)14(16,17)18/h3-5,19H,6H2,1-2H3. The lowest BCUT2D eigenvalue weighted by molar-refractivity contribution is -0.156. The maximum absolute atomic E-state index is 12.8. The van der Waals surface area contributed by atoms with E-state index in [9.17, 15) is 13.2 Å². The molecule has 1 atom stereocenters. The third-order valence-corrected chi connectivity index (χ3v) is 3.99. The summed E-state index contributed by atoms with van der Waals surface area (Å²) in [7, 11) is 1.49. The monoisotopic (exact) mass is 332 g/mol. The minimum Gasteiger partial charge on any atom is -0.496 e. The molecule has 1 aliphatic heterocycles. The van der Waals surface area contributed by atoms with Crippen molar-refractivity contribution in [2.75, 3.05) is 19.0 Å². The molecular formula is C14H12ClF3N2O2. The first-order valence-corrected chi connectivity index (χ1v) is 6.80. The fourth-order valence-corrected chi connectivity index (χ4v) is 2.78. The lowest BCUT2D eigenvalue weighted by Gasteiger charge is -2.25. The van der Waals surface area contributed by atoms with Gasteiger partial charge in [-0.15, -0.1) is 0 Å². The van der Waals surface area contributed by atoms with Crippen molar-refractivity contribution in [1.29, 1.82) is 0 Å². The van der Waals surface area contributed by atoms with Crippen LogP contribution in [0.1, 0.15) is 24.1 Å². The summed E-state index contributed by atoms with van der Waals surface area (Å²) in [5, 5.41) is 3.29. The molecule has 0 saturated heterocycles. The average molecular weight is 333 g/mol. The molecule has 1 N–H and O–H groups in total. The third kappa shape index (κ3) is 2.20. The van der Waals surface area contributed by atoms with Gasteiger partial charge in [-0.3, -0.25) is 0 Å². The summed E-state index contributed by atoms with van der Waals surface area (Å²) in [5.41, 5.74) is 0.00893. The molecule has 4 nitrogen and oxygen atoms in total. The predicted molar refractivity (Wildman–Crippen MR) is 74.5 cm³/mol. The first kappa shape index (κ1) is 15.0. The first-order valence-electron chi connectivity index (χ1n) is 6.42. The summed E-state index contributed by atoms with van der Waals surface area (Å²) in [6.45, 7) is 2.10. The van der Waals surface area contributed by atoms with E-state index < -0.39 is 17.5 Å². The maximum Gasteiger partial charge on any atom is 0.469 e. The van der Waals surface area contributed by atoms with Gasteiger partial charge >= 0.3 is 12.1 Å². The Labute approximate surface area is 129 Å². The number of halogens is 4. The molecule has 0 fully saturated rings. The SMILES string of the molecule is COc1ccc(Cl)cc1C1(C)CNc2oc(C(F)(F)F)nc21. The van der Waals surface area contributed by atoms with Crippen LogP contribution in [-0.2, 0) is 11.6 Å². The number of anilines is 1. The van der Waals surface area contributed by atoms with Gasteiger partial charge in [-0.1, -0.05) is 11.6 Å². The van der Waals surface area contributed by atoms with E-state index in [1.54, 1.807) is 25.1 Å². The summed E-state index contributed by atoms with van der Waals surface area (Å²) in [4.78, 5) is 3.64. The molecule has 0 radical (unpaired) electrons. The van der Waals surface area contributed by atoms with Gasteiger partial charge in [0.25, 0.3) is 0 Å². The Bertz CT molecular complexity index is 729. The van der Waals surface area contributed by atoms with Gasteiger partial charge in [0, 0.05) is 17.1 Å². The zero-order valence-corrected chi connectivity index (χ0v) is 12.5. The molecular weight excluding hydrogens is 321 g/mol. The lowest BCUT2D eigenvalue weighted by atomic mass is 9.81. The van der Waals surface area contributed by atoms with Crippen LogP contribution in [0.5, 0.6) is 5.75 Å². The number of hydrogen-bond acceptors (Lipinski definition) is 4. The largest absolute Gasteiger partial charge is 0.496 e. The van der Waals surface area contributed by atoms with Gasteiger partial charge in [-0.2, -0.15) is 13.2 Å². The molecule has 1 aliphatic rings. The second-order valence-electron chi connectivity index (χ2n) is 5.22. The van der Waals surface area contributed by atoms with Gasteiger partial charge < -0.3 is 14.5 Å². The van der Waals surface area contributed by atoms with Crippen LogP contribution in [0, 0.1) is 0 Å². The number of benzene rings is 1. The number of aromatic nitrogens is 1. The molecule has 0 saturated carbocycles. The normalized spacial score (nSPS) is 20.6. The van der Waals surface area contributed by atoms with Gasteiger partial charge in [0.1, 0.15) is 11.4 Å². The van der Waals surface area contributed by atoms with Gasteiger partial charge in [0.05, 0.1) is 12.5 Å². The molecule has 2 heterocycles.